The summed E-state index contributed by atoms with van der Waals surface area (Å²) in [5, 5.41) is 0. The molecule has 0 atom stereocenters. The molecule has 0 saturated heterocycles. The van der Waals surface area contributed by atoms with Crippen molar-refractivity contribution in [1.29, 1.82) is 0 Å². The van der Waals surface area contributed by atoms with Gasteiger partial charge in [-0.2, -0.15) is 26.3 Å². The smallest absolute Gasteiger partial charge is 0.194 e. The van der Waals surface area contributed by atoms with Crippen molar-refractivity contribution < 1.29 is 26.3 Å². The summed E-state index contributed by atoms with van der Waals surface area (Å²) < 4.78 is 92.2. The number of allylic oxidation sites excluding steroid dienone is 2. The van der Waals surface area contributed by atoms with Crippen LogP contribution in [0.25, 0.3) is 30.7 Å². The van der Waals surface area contributed by atoms with Crippen LogP contribution in [0, 0.1) is 55.4 Å². The molecule has 0 N–H and O–H groups in total. The van der Waals surface area contributed by atoms with Crippen molar-refractivity contribution in [3.05, 3.63) is 65.0 Å². The summed E-state index contributed by atoms with van der Waals surface area (Å²) >= 11 is 4.71. The lowest BCUT2D eigenvalue weighted by atomic mass is 10.0. The van der Waals surface area contributed by atoms with Gasteiger partial charge in [-0.3, -0.25) is 0 Å². The number of rotatable bonds is 4. The molecule has 0 bridgehead atoms. The van der Waals surface area contributed by atoms with Gasteiger partial charge >= 0.3 is 17.8 Å². The molecule has 208 valence electrons. The highest BCUT2D eigenvalue weighted by Crippen LogP contribution is 2.67. The van der Waals surface area contributed by atoms with Crippen LogP contribution >= 0.6 is 45.3 Å². The Hall–Kier alpha value is -1.88. The van der Waals surface area contributed by atoms with Crippen molar-refractivity contribution in [3.8, 4) is 19.5 Å². The summed E-state index contributed by atoms with van der Waals surface area (Å²) in [6.07, 6.45) is 0. The van der Waals surface area contributed by atoms with Gasteiger partial charge in [-0.15, -0.1) is 45.3 Å². The van der Waals surface area contributed by atoms with Gasteiger partial charge in [0, 0.05) is 39.0 Å². The highest BCUT2D eigenvalue weighted by molar-refractivity contribution is 7.24. The monoisotopic (exact) mass is 616 g/mol. The minimum atomic E-state index is -5.57. The normalized spacial score (nSPS) is 18.0. The SMILES string of the molecule is Cc1cc(-c2sc(C)c(C)c2C)sc1C1=C(c2sc(-c3sc(C)c(C)c3C)cc2C)C(F)(F)C(F)(F)C1(F)F. The number of alkyl halides is 6. The van der Waals surface area contributed by atoms with Crippen LogP contribution in [0.3, 0.4) is 0 Å². The second kappa shape index (κ2) is 9.06. The first kappa shape index (κ1) is 28.6. The van der Waals surface area contributed by atoms with Gasteiger partial charge in [0.1, 0.15) is 0 Å². The van der Waals surface area contributed by atoms with Crippen molar-refractivity contribution in [2.24, 2.45) is 0 Å². The first-order valence-electron chi connectivity index (χ1n) is 12.2. The Morgan fingerprint density at radius 3 is 1.08 bits per heavy atom. The van der Waals surface area contributed by atoms with Gasteiger partial charge in [0.25, 0.3) is 0 Å². The highest BCUT2D eigenvalue weighted by Gasteiger charge is 2.80. The van der Waals surface area contributed by atoms with Crippen LogP contribution in [0.2, 0.25) is 0 Å². The molecule has 0 amide bonds. The zero-order chi connectivity index (χ0) is 29.0. The molecule has 4 aromatic heterocycles. The van der Waals surface area contributed by atoms with E-state index in [1.807, 2.05) is 41.5 Å². The predicted octanol–water partition coefficient (Wildman–Crippen LogP) is 11.6. The van der Waals surface area contributed by atoms with Crippen LogP contribution in [-0.2, 0) is 0 Å². The van der Waals surface area contributed by atoms with E-state index in [-0.39, 0.29) is 20.9 Å². The molecular formula is C29H26F6S4. The Labute approximate surface area is 239 Å². The maximum Gasteiger partial charge on any atom is 0.380 e. The van der Waals surface area contributed by atoms with Crippen LogP contribution in [0.15, 0.2) is 12.1 Å². The topological polar surface area (TPSA) is 0 Å². The number of hydrogen-bond acceptors (Lipinski definition) is 4. The minimum absolute atomic E-state index is 0.224. The fraction of sp³-hybridized carbons (Fsp3) is 0.379. The molecule has 0 unspecified atom stereocenters. The number of hydrogen-bond donors (Lipinski definition) is 0. The summed E-state index contributed by atoms with van der Waals surface area (Å²) in [5.41, 5.74) is 2.06. The van der Waals surface area contributed by atoms with Crippen molar-refractivity contribution in [2.45, 2.75) is 73.2 Å². The Bertz CT molecular complexity index is 1550. The van der Waals surface area contributed by atoms with E-state index >= 15 is 26.3 Å². The molecule has 4 aromatic rings. The Kier molecular flexibility index (Phi) is 6.65. The molecule has 0 aliphatic heterocycles. The third-order valence-electron chi connectivity index (χ3n) is 7.78. The fourth-order valence-corrected chi connectivity index (χ4v) is 10.1. The van der Waals surface area contributed by atoms with Crippen LogP contribution < -0.4 is 0 Å². The zero-order valence-corrected chi connectivity index (χ0v) is 25.8. The van der Waals surface area contributed by atoms with E-state index in [2.05, 4.69) is 0 Å². The van der Waals surface area contributed by atoms with Gasteiger partial charge in [0.05, 0.1) is 11.1 Å². The second-order valence-corrected chi connectivity index (χ2v) is 14.7. The third-order valence-corrected chi connectivity index (χ3v) is 13.3. The molecule has 0 spiro atoms. The van der Waals surface area contributed by atoms with E-state index in [9.17, 15) is 0 Å². The van der Waals surface area contributed by atoms with E-state index in [0.29, 0.717) is 9.75 Å². The van der Waals surface area contributed by atoms with E-state index in [4.69, 9.17) is 0 Å². The molecular weight excluding hydrogens is 591 g/mol. The van der Waals surface area contributed by atoms with Crippen LogP contribution in [-0.4, -0.2) is 17.8 Å². The molecule has 1 aliphatic carbocycles. The lowest BCUT2D eigenvalue weighted by molar-refractivity contribution is -0.254. The second-order valence-electron chi connectivity index (χ2n) is 10.2. The van der Waals surface area contributed by atoms with Crippen LogP contribution in [0.5, 0.6) is 0 Å². The first-order valence-corrected chi connectivity index (χ1v) is 15.4. The van der Waals surface area contributed by atoms with Crippen molar-refractivity contribution in [1.82, 2.24) is 0 Å². The minimum Gasteiger partial charge on any atom is -0.194 e. The largest absolute Gasteiger partial charge is 0.380 e. The average molecular weight is 617 g/mol. The molecule has 10 heteroatoms. The maximum absolute atomic E-state index is 15.6. The first-order chi connectivity index (χ1) is 17.9. The quantitative estimate of drug-likeness (QED) is 0.200. The van der Waals surface area contributed by atoms with Gasteiger partial charge in [0.15, 0.2) is 0 Å². The van der Waals surface area contributed by atoms with Crippen molar-refractivity contribution in [2.75, 3.05) is 0 Å². The fourth-order valence-electron chi connectivity index (χ4n) is 4.97. The summed E-state index contributed by atoms with van der Waals surface area (Å²) in [4.78, 5) is 4.53. The lowest BCUT2D eigenvalue weighted by Crippen LogP contribution is -2.48. The standard InChI is InChI=1S/C29H26F6S4/c1-11-9-19(25-15(5)13(3)17(7)36-25)38-23(11)21-22(28(32,33)29(34,35)27(21,30)31)24-12(2)10-20(39-24)26-16(6)14(4)18(8)37-26/h9-10H,1-8H3. The van der Waals surface area contributed by atoms with Gasteiger partial charge in [0.2, 0.25) is 0 Å². The molecule has 39 heavy (non-hydrogen) atoms. The molecule has 1 aliphatic rings. The molecule has 0 fully saturated rings. The maximum atomic E-state index is 15.6. The molecule has 5 rings (SSSR count). The summed E-state index contributed by atoms with van der Waals surface area (Å²) in [6.45, 7) is 14.6. The predicted molar refractivity (Wildman–Crippen MR) is 155 cm³/mol. The Balaban J connectivity index is 1.79. The van der Waals surface area contributed by atoms with Crippen molar-refractivity contribution >= 4 is 56.5 Å². The van der Waals surface area contributed by atoms with Gasteiger partial charge in [-0.05, 0) is 101 Å². The summed E-state index contributed by atoms with van der Waals surface area (Å²) in [7, 11) is 0. The molecule has 0 saturated carbocycles. The van der Waals surface area contributed by atoms with Gasteiger partial charge < -0.3 is 0 Å². The van der Waals surface area contributed by atoms with E-state index in [0.717, 1.165) is 64.4 Å². The van der Waals surface area contributed by atoms with E-state index < -0.39 is 28.9 Å². The summed E-state index contributed by atoms with van der Waals surface area (Å²) in [6, 6.07) is 3.28. The average Bonchev–Trinajstić information content (AvgIpc) is 3.57. The summed E-state index contributed by atoms with van der Waals surface area (Å²) in [5.74, 6) is -15.7. The highest BCUT2D eigenvalue weighted by atomic mass is 32.1. The Morgan fingerprint density at radius 1 is 0.462 bits per heavy atom. The molecule has 4 heterocycles. The number of halogens is 6. The number of aryl methyl sites for hydroxylation is 4. The Morgan fingerprint density at radius 2 is 0.795 bits per heavy atom. The molecule has 0 aromatic carbocycles. The molecule has 0 radical (unpaired) electrons. The van der Waals surface area contributed by atoms with Crippen LogP contribution in [0.1, 0.15) is 52.9 Å². The molecule has 0 nitrogen and oxygen atoms in total. The van der Waals surface area contributed by atoms with Gasteiger partial charge in [-0.25, -0.2) is 0 Å². The third kappa shape index (κ3) is 3.88. The van der Waals surface area contributed by atoms with Crippen molar-refractivity contribution in [3.63, 3.8) is 0 Å². The van der Waals surface area contributed by atoms with E-state index in [1.165, 1.54) is 36.5 Å². The lowest BCUT2D eigenvalue weighted by Gasteiger charge is -2.25. The van der Waals surface area contributed by atoms with Crippen LogP contribution in [0.4, 0.5) is 26.3 Å². The van der Waals surface area contributed by atoms with E-state index in [1.54, 1.807) is 12.1 Å². The number of thiophene rings is 4. The zero-order valence-electron chi connectivity index (χ0n) is 22.6. The van der Waals surface area contributed by atoms with Gasteiger partial charge in [-0.1, -0.05) is 0 Å².